The van der Waals surface area contributed by atoms with Crippen LogP contribution in [0.2, 0.25) is 0 Å². The molecule has 0 aliphatic carbocycles. The van der Waals surface area contributed by atoms with Crippen molar-refractivity contribution in [2.24, 2.45) is 0 Å². The second kappa shape index (κ2) is 6.17. The average molecular weight is 176 g/mol. The third-order valence-electron chi connectivity index (χ3n) is 1.62. The molecule has 3 nitrogen and oxygen atoms in total. The lowest BCUT2D eigenvalue weighted by Gasteiger charge is -2.21. The van der Waals surface area contributed by atoms with E-state index in [0.29, 0.717) is 6.61 Å². The Morgan fingerprint density at radius 2 is 2.58 bits per heavy atom. The second-order valence-corrected chi connectivity index (χ2v) is 2.52. The maximum absolute atomic E-state index is 8.87. The third-order valence-corrected chi connectivity index (χ3v) is 1.62. The van der Waals surface area contributed by atoms with E-state index in [1.54, 1.807) is 0 Å². The van der Waals surface area contributed by atoms with Crippen molar-refractivity contribution in [3.8, 4) is 0 Å². The summed E-state index contributed by atoms with van der Waals surface area (Å²) in [6, 6.07) is -1.15. The summed E-state index contributed by atoms with van der Waals surface area (Å²) in [7, 11) is 0. The van der Waals surface area contributed by atoms with Gasteiger partial charge in [0.2, 0.25) is 0 Å². The van der Waals surface area contributed by atoms with Crippen LogP contribution in [0.25, 0.3) is 0 Å². The average Bonchev–Trinajstić information content (AvgIpc) is 2.25. The zero-order valence-corrected chi connectivity index (χ0v) is 6.88. The zero-order chi connectivity index (χ0) is 12.2. The Bertz CT molecular complexity index is 256. The second-order valence-electron chi connectivity index (χ2n) is 2.52. The number of rotatable bonds is 4. The van der Waals surface area contributed by atoms with Crippen molar-refractivity contribution >= 4 is 0 Å². The van der Waals surface area contributed by atoms with Crippen LogP contribution in [0.3, 0.4) is 0 Å². The van der Waals surface area contributed by atoms with Crippen molar-refractivity contribution < 1.29 is 20.1 Å². The summed E-state index contributed by atoms with van der Waals surface area (Å²) >= 11 is 0. The lowest BCUT2D eigenvalue weighted by atomic mass is 10.2. The van der Waals surface area contributed by atoms with Gasteiger partial charge >= 0.3 is 0 Å². The van der Waals surface area contributed by atoms with Crippen LogP contribution >= 0.6 is 0 Å². The number of hydrogen-bond donors (Lipinski definition) is 1. The van der Waals surface area contributed by atoms with E-state index in [1.807, 2.05) is 0 Å². The molecule has 1 heterocycles. The summed E-state index contributed by atoms with van der Waals surface area (Å²) in [5.41, 5.74) is 0. The molecule has 1 unspecified atom stereocenters. The van der Waals surface area contributed by atoms with E-state index >= 15 is 0 Å². The Kier molecular flexibility index (Phi) is 2.76. The molecule has 0 aromatic rings. The number of hydrogen-bond acceptors (Lipinski definition) is 3. The molecule has 12 heavy (non-hydrogen) atoms. The van der Waals surface area contributed by atoms with Gasteiger partial charge in [0.25, 0.3) is 0 Å². The van der Waals surface area contributed by atoms with Gasteiger partial charge in [0.15, 0.2) is 6.29 Å². The summed E-state index contributed by atoms with van der Waals surface area (Å²) in [6.45, 7) is -2.38. The lowest BCUT2D eigenvalue weighted by Crippen LogP contribution is -2.22. The zero-order valence-electron chi connectivity index (χ0n) is 10.9. The first-order valence-corrected chi connectivity index (χ1v) is 4.03. The van der Waals surface area contributed by atoms with E-state index < -0.39 is 12.6 Å². The first kappa shape index (κ1) is 5.37. The summed E-state index contributed by atoms with van der Waals surface area (Å²) in [5, 5.41) is 8.87. The predicted octanol–water partition coefficient (Wildman–Crippen LogP) is 1.08. The van der Waals surface area contributed by atoms with Crippen molar-refractivity contribution in [1.82, 2.24) is 0 Å². The van der Waals surface area contributed by atoms with Gasteiger partial charge in [0.05, 0.1) is 18.6 Å². The molecule has 3 heteroatoms. The Morgan fingerprint density at radius 1 is 1.67 bits per heavy atom. The smallest absolute Gasteiger partial charge is 0.157 e. The highest BCUT2D eigenvalue weighted by molar-refractivity contribution is 4.80. The van der Waals surface area contributed by atoms with Gasteiger partial charge in [0, 0.05) is 6.61 Å². The maximum Gasteiger partial charge on any atom is 0.157 e. The highest BCUT2D eigenvalue weighted by atomic mass is 16.7. The number of ether oxygens (including phenoxy) is 2. The molecule has 0 spiro atoms. The Balaban J connectivity index is 2.41. The molecule has 0 radical (unpaired) electrons. The van der Waals surface area contributed by atoms with Crippen molar-refractivity contribution in [3.63, 3.8) is 0 Å². The molecule has 1 aliphatic rings. The topological polar surface area (TPSA) is 38.7 Å². The quantitative estimate of drug-likeness (QED) is 0.651. The molecule has 1 rings (SSSR count). The van der Waals surface area contributed by atoms with Gasteiger partial charge in [-0.2, -0.15) is 0 Å². The van der Waals surface area contributed by atoms with Gasteiger partial charge < -0.3 is 14.6 Å². The van der Waals surface area contributed by atoms with Crippen LogP contribution in [0, 0.1) is 0 Å². The first-order chi connectivity index (χ1) is 7.41. The molecule has 1 aliphatic heterocycles. The minimum Gasteiger partial charge on any atom is -0.392 e. The maximum atomic E-state index is 8.87. The van der Waals surface area contributed by atoms with Crippen molar-refractivity contribution in [1.29, 1.82) is 0 Å². The van der Waals surface area contributed by atoms with Gasteiger partial charge in [-0.3, -0.25) is 0 Å². The normalized spacial score (nSPS) is 32.6. The molecule has 0 amide bonds. The minimum atomic E-state index is -2.78. The van der Waals surface area contributed by atoms with Crippen molar-refractivity contribution in [2.45, 2.75) is 25.6 Å². The summed E-state index contributed by atoms with van der Waals surface area (Å²) in [4.78, 5) is 0. The van der Waals surface area contributed by atoms with E-state index in [1.165, 1.54) is 0 Å². The van der Waals surface area contributed by atoms with Crippen LogP contribution in [-0.2, 0) is 9.47 Å². The largest absolute Gasteiger partial charge is 0.392 e. The van der Waals surface area contributed by atoms with Gasteiger partial charge in [-0.15, -0.1) is 0 Å². The highest BCUT2D eigenvalue weighted by Crippen LogP contribution is 2.13. The summed E-state index contributed by atoms with van der Waals surface area (Å²) in [5.74, 6) is 0. The summed E-state index contributed by atoms with van der Waals surface area (Å²) < 4.78 is 38.7. The van der Waals surface area contributed by atoms with Crippen LogP contribution in [0.5, 0.6) is 0 Å². The molecule has 70 valence electrons. The van der Waals surface area contributed by atoms with Crippen LogP contribution in [0.15, 0.2) is 12.1 Å². The molecule has 0 aromatic carbocycles. The van der Waals surface area contributed by atoms with Crippen LogP contribution < -0.4 is 0 Å². The van der Waals surface area contributed by atoms with Gasteiger partial charge in [-0.25, -0.2) is 0 Å². The molecule has 0 bridgehead atoms. The monoisotopic (exact) mass is 176 g/mol. The fourth-order valence-electron chi connectivity index (χ4n) is 1.05. The van der Waals surface area contributed by atoms with Gasteiger partial charge in [0.1, 0.15) is 0 Å². The summed E-state index contributed by atoms with van der Waals surface area (Å²) in [6.07, 6.45) is 2.35. The standard InChI is InChI=1S/C9H16O3/c10-6-2-4-8-12-9-5-1-3-7-11-9/h2,4,9-10H,1,3,5-8H2/b4-2+/i2D,4D,6D2. The van der Waals surface area contributed by atoms with Crippen LogP contribution in [0.4, 0.5) is 0 Å². The molecule has 1 saturated heterocycles. The molecule has 0 aromatic heterocycles. The van der Waals surface area contributed by atoms with Crippen LogP contribution in [-0.4, -0.2) is 31.2 Å². The van der Waals surface area contributed by atoms with Gasteiger partial charge in [-0.05, 0) is 19.3 Å². The molecule has 1 N–H and O–H groups in total. The molecule has 1 fully saturated rings. The minimum absolute atomic E-state index is 0.219. The fraction of sp³-hybridized carbons (Fsp3) is 0.778. The first-order valence-electron chi connectivity index (χ1n) is 6.03. The molecule has 1 atom stereocenters. The van der Waals surface area contributed by atoms with E-state index in [4.69, 9.17) is 20.1 Å². The Morgan fingerprint density at radius 3 is 3.25 bits per heavy atom. The molecular formula is C9H16O3. The lowest BCUT2D eigenvalue weighted by molar-refractivity contribution is -0.155. The SMILES string of the molecule is [2H]/C(COC1CCCCO1)=C(/[2H])C([2H])([2H])O. The van der Waals surface area contributed by atoms with Crippen molar-refractivity contribution in [3.05, 3.63) is 12.1 Å². The van der Waals surface area contributed by atoms with E-state index in [-0.39, 0.29) is 18.9 Å². The Labute approximate surface area is 78.6 Å². The van der Waals surface area contributed by atoms with E-state index in [9.17, 15) is 0 Å². The third kappa shape index (κ3) is 3.85. The van der Waals surface area contributed by atoms with E-state index in [0.717, 1.165) is 19.3 Å². The van der Waals surface area contributed by atoms with E-state index in [2.05, 4.69) is 0 Å². The Hall–Kier alpha value is -0.380. The van der Waals surface area contributed by atoms with Crippen molar-refractivity contribution in [2.75, 3.05) is 19.8 Å². The van der Waals surface area contributed by atoms with Crippen LogP contribution in [0.1, 0.15) is 24.7 Å². The highest BCUT2D eigenvalue weighted by Gasteiger charge is 2.12. The fourth-order valence-corrected chi connectivity index (χ4v) is 1.05. The predicted molar refractivity (Wildman–Crippen MR) is 45.8 cm³/mol. The molecule has 0 saturated carbocycles. The molecular weight excluding hydrogens is 156 g/mol. The number of aliphatic hydroxyl groups is 1. The van der Waals surface area contributed by atoms with Gasteiger partial charge in [-0.1, -0.05) is 12.1 Å².